The molecule has 0 spiro atoms. The first kappa shape index (κ1) is 11.9. The molecule has 0 aliphatic heterocycles. The Balaban J connectivity index is 1.74. The van der Waals surface area contributed by atoms with Crippen molar-refractivity contribution in [1.82, 2.24) is 5.32 Å². The minimum absolute atomic E-state index is 0.0164. The molecule has 3 heteroatoms. The van der Waals surface area contributed by atoms with Gasteiger partial charge >= 0.3 is 0 Å². The highest BCUT2D eigenvalue weighted by molar-refractivity contribution is 5.76. The third-order valence-electron chi connectivity index (χ3n) is 4.08. The Morgan fingerprint density at radius 1 is 1.25 bits per heavy atom. The van der Waals surface area contributed by atoms with Crippen molar-refractivity contribution in [2.75, 3.05) is 13.2 Å². The van der Waals surface area contributed by atoms with Gasteiger partial charge in [0.05, 0.1) is 6.61 Å². The van der Waals surface area contributed by atoms with Crippen molar-refractivity contribution >= 4 is 5.91 Å². The van der Waals surface area contributed by atoms with Crippen molar-refractivity contribution in [2.24, 2.45) is 11.3 Å². The largest absolute Gasteiger partial charge is 0.396 e. The third-order valence-corrected chi connectivity index (χ3v) is 4.08. The van der Waals surface area contributed by atoms with Gasteiger partial charge in [-0.2, -0.15) is 0 Å². The van der Waals surface area contributed by atoms with Crippen LogP contribution in [0.2, 0.25) is 0 Å². The molecule has 0 bridgehead atoms. The van der Waals surface area contributed by atoms with E-state index in [0.29, 0.717) is 18.9 Å². The average molecular weight is 225 g/mol. The van der Waals surface area contributed by atoms with E-state index in [0.717, 1.165) is 12.8 Å². The smallest absolute Gasteiger partial charge is 0.220 e. The van der Waals surface area contributed by atoms with Gasteiger partial charge in [-0.3, -0.25) is 4.79 Å². The molecule has 92 valence electrons. The molecule has 0 aromatic rings. The second-order valence-corrected chi connectivity index (χ2v) is 5.64. The molecule has 0 aromatic heterocycles. The summed E-state index contributed by atoms with van der Waals surface area (Å²) in [7, 11) is 0. The summed E-state index contributed by atoms with van der Waals surface area (Å²) in [6, 6.07) is 0. The zero-order valence-electron chi connectivity index (χ0n) is 10.0. The maximum atomic E-state index is 11.6. The van der Waals surface area contributed by atoms with E-state index in [1.807, 2.05) is 0 Å². The minimum atomic E-state index is -0.0164. The van der Waals surface area contributed by atoms with Crippen molar-refractivity contribution in [1.29, 1.82) is 0 Å². The van der Waals surface area contributed by atoms with Crippen molar-refractivity contribution < 1.29 is 9.90 Å². The zero-order chi connectivity index (χ0) is 11.4. The molecule has 0 unspecified atom stereocenters. The molecule has 1 amide bonds. The number of hydrogen-bond donors (Lipinski definition) is 2. The first-order valence-electron chi connectivity index (χ1n) is 6.62. The van der Waals surface area contributed by atoms with Crippen LogP contribution in [0.3, 0.4) is 0 Å². The van der Waals surface area contributed by atoms with E-state index in [-0.39, 0.29) is 17.9 Å². The lowest BCUT2D eigenvalue weighted by Gasteiger charge is -2.35. The number of aliphatic hydroxyl groups excluding tert-OH is 1. The summed E-state index contributed by atoms with van der Waals surface area (Å²) in [5.74, 6) is 0.831. The van der Waals surface area contributed by atoms with Crippen LogP contribution in [0.5, 0.6) is 0 Å². The van der Waals surface area contributed by atoms with E-state index in [1.54, 1.807) is 0 Å². The molecule has 2 rings (SSSR count). The molecular weight excluding hydrogens is 202 g/mol. The highest BCUT2D eigenvalue weighted by Gasteiger charge is 2.32. The maximum Gasteiger partial charge on any atom is 0.220 e. The van der Waals surface area contributed by atoms with E-state index >= 15 is 0 Å². The summed E-state index contributed by atoms with van der Waals surface area (Å²) < 4.78 is 0. The van der Waals surface area contributed by atoms with Crippen LogP contribution in [-0.4, -0.2) is 24.2 Å². The molecule has 16 heavy (non-hydrogen) atoms. The Morgan fingerprint density at radius 3 is 2.50 bits per heavy atom. The van der Waals surface area contributed by atoms with Crippen LogP contribution in [-0.2, 0) is 4.79 Å². The second-order valence-electron chi connectivity index (χ2n) is 5.64. The number of amides is 1. The van der Waals surface area contributed by atoms with Gasteiger partial charge in [0, 0.05) is 18.4 Å². The van der Waals surface area contributed by atoms with Crippen LogP contribution in [0.25, 0.3) is 0 Å². The fourth-order valence-corrected chi connectivity index (χ4v) is 2.63. The minimum Gasteiger partial charge on any atom is -0.396 e. The Kier molecular flexibility index (Phi) is 3.85. The second kappa shape index (κ2) is 5.17. The number of carbonyl (C=O) groups is 1. The van der Waals surface area contributed by atoms with Gasteiger partial charge in [-0.25, -0.2) is 0 Å². The summed E-state index contributed by atoms with van der Waals surface area (Å²) >= 11 is 0. The van der Waals surface area contributed by atoms with Crippen LogP contribution >= 0.6 is 0 Å². The normalized spacial score (nSPS) is 24.1. The van der Waals surface area contributed by atoms with Gasteiger partial charge in [0.25, 0.3) is 0 Å². The Hall–Kier alpha value is -0.570. The van der Waals surface area contributed by atoms with Gasteiger partial charge in [0.2, 0.25) is 5.91 Å². The first-order chi connectivity index (χ1) is 7.74. The van der Waals surface area contributed by atoms with Gasteiger partial charge in [0.15, 0.2) is 0 Å². The molecule has 2 saturated carbocycles. The fraction of sp³-hybridized carbons (Fsp3) is 0.923. The molecule has 0 atom stereocenters. The van der Waals surface area contributed by atoms with Gasteiger partial charge in [0.1, 0.15) is 0 Å². The van der Waals surface area contributed by atoms with Crippen LogP contribution in [0.4, 0.5) is 0 Å². The van der Waals surface area contributed by atoms with Crippen LogP contribution in [0.15, 0.2) is 0 Å². The molecule has 0 radical (unpaired) electrons. The Labute approximate surface area is 97.6 Å². The molecule has 0 heterocycles. The predicted octanol–water partition coefficient (Wildman–Crippen LogP) is 1.85. The standard InChI is InChI=1S/C13H23NO2/c15-10-13(6-2-1-3-7-13)9-14-12(16)8-11-4-5-11/h11,15H,1-10H2,(H,14,16). The van der Waals surface area contributed by atoms with Gasteiger partial charge < -0.3 is 10.4 Å². The SMILES string of the molecule is O=C(CC1CC1)NCC1(CO)CCCCC1. The molecule has 3 nitrogen and oxygen atoms in total. The number of hydrogen-bond acceptors (Lipinski definition) is 2. The molecule has 0 aromatic carbocycles. The first-order valence-corrected chi connectivity index (χ1v) is 6.62. The lowest BCUT2D eigenvalue weighted by molar-refractivity contribution is -0.122. The monoisotopic (exact) mass is 225 g/mol. The highest BCUT2D eigenvalue weighted by Crippen LogP contribution is 2.35. The number of aliphatic hydroxyl groups is 1. The Morgan fingerprint density at radius 2 is 1.94 bits per heavy atom. The van der Waals surface area contributed by atoms with Gasteiger partial charge in [-0.1, -0.05) is 19.3 Å². The van der Waals surface area contributed by atoms with E-state index in [9.17, 15) is 9.90 Å². The van der Waals surface area contributed by atoms with E-state index < -0.39 is 0 Å². The van der Waals surface area contributed by atoms with Crippen molar-refractivity contribution in [3.05, 3.63) is 0 Å². The molecule has 0 saturated heterocycles. The van der Waals surface area contributed by atoms with E-state index in [2.05, 4.69) is 5.32 Å². The van der Waals surface area contributed by atoms with Crippen LogP contribution in [0.1, 0.15) is 51.4 Å². The number of rotatable bonds is 5. The van der Waals surface area contributed by atoms with Crippen molar-refractivity contribution in [2.45, 2.75) is 51.4 Å². The van der Waals surface area contributed by atoms with E-state index in [4.69, 9.17) is 0 Å². The lowest BCUT2D eigenvalue weighted by atomic mass is 9.74. The summed E-state index contributed by atoms with van der Waals surface area (Å²) in [6.45, 7) is 0.895. The number of carbonyl (C=O) groups excluding carboxylic acids is 1. The third kappa shape index (κ3) is 3.21. The zero-order valence-corrected chi connectivity index (χ0v) is 10.0. The van der Waals surface area contributed by atoms with Crippen LogP contribution < -0.4 is 5.32 Å². The average Bonchev–Trinajstić information content (AvgIpc) is 3.12. The van der Waals surface area contributed by atoms with Gasteiger partial charge in [-0.15, -0.1) is 0 Å². The maximum absolute atomic E-state index is 11.6. The van der Waals surface area contributed by atoms with Gasteiger partial charge in [-0.05, 0) is 31.6 Å². The van der Waals surface area contributed by atoms with Crippen LogP contribution in [0, 0.1) is 11.3 Å². The summed E-state index contributed by atoms with van der Waals surface area (Å²) in [4.78, 5) is 11.6. The Bertz CT molecular complexity index is 242. The lowest BCUT2D eigenvalue weighted by Crippen LogP contribution is -2.41. The van der Waals surface area contributed by atoms with Crippen molar-refractivity contribution in [3.63, 3.8) is 0 Å². The summed E-state index contributed by atoms with van der Waals surface area (Å²) in [6.07, 6.45) is 8.93. The quantitative estimate of drug-likeness (QED) is 0.750. The molecule has 2 fully saturated rings. The predicted molar refractivity (Wildman–Crippen MR) is 63.0 cm³/mol. The summed E-state index contributed by atoms with van der Waals surface area (Å²) in [5, 5.41) is 12.5. The molecule has 2 aliphatic carbocycles. The van der Waals surface area contributed by atoms with E-state index in [1.165, 1.54) is 32.1 Å². The summed E-state index contributed by atoms with van der Waals surface area (Å²) in [5.41, 5.74) is -0.0164. The van der Waals surface area contributed by atoms with Crippen molar-refractivity contribution in [3.8, 4) is 0 Å². The molecule has 2 aliphatic rings. The molecule has 2 N–H and O–H groups in total. The fourth-order valence-electron chi connectivity index (χ4n) is 2.63. The highest BCUT2D eigenvalue weighted by atomic mass is 16.3. The number of nitrogens with one attached hydrogen (secondary N) is 1. The molecular formula is C13H23NO2. The topological polar surface area (TPSA) is 49.3 Å².